The molecule has 1 atom stereocenters. The quantitative estimate of drug-likeness (QED) is 0.686. The van der Waals surface area contributed by atoms with Crippen LogP contribution in [0.2, 0.25) is 5.02 Å². The highest BCUT2D eigenvalue weighted by molar-refractivity contribution is 6.33. The summed E-state index contributed by atoms with van der Waals surface area (Å²) in [6.07, 6.45) is 2.85. The number of aromatic nitrogens is 4. The summed E-state index contributed by atoms with van der Waals surface area (Å²) in [4.78, 5) is 27.0. The molecule has 1 saturated heterocycles. The van der Waals surface area contributed by atoms with E-state index in [1.165, 1.54) is 15.9 Å². The first kappa shape index (κ1) is 18.9. The number of tetrazole rings is 1. The summed E-state index contributed by atoms with van der Waals surface area (Å²) in [5.41, 5.74) is 1.92. The Morgan fingerprint density at radius 1 is 1.07 bits per heavy atom. The Labute approximate surface area is 171 Å². The van der Waals surface area contributed by atoms with Gasteiger partial charge in [-0.1, -0.05) is 23.7 Å². The first-order valence-electron chi connectivity index (χ1n) is 9.08. The number of nitrogens with one attached hydrogen (secondary N) is 2. The molecule has 2 aromatic carbocycles. The number of likely N-dealkylation sites (tertiary alicyclic amines) is 1. The number of rotatable bonds is 4. The molecule has 3 aromatic rings. The second-order valence-corrected chi connectivity index (χ2v) is 6.96. The normalized spacial score (nSPS) is 15.9. The highest BCUT2D eigenvalue weighted by Gasteiger charge is 2.34. The van der Waals surface area contributed by atoms with Crippen LogP contribution in [-0.4, -0.2) is 49.6 Å². The molecular weight excluding hydrogens is 394 g/mol. The predicted molar refractivity (Wildman–Crippen MR) is 108 cm³/mol. The molecule has 0 bridgehead atoms. The fourth-order valence-corrected chi connectivity index (χ4v) is 3.42. The number of hydrogen-bond donors (Lipinski definition) is 2. The van der Waals surface area contributed by atoms with Gasteiger partial charge in [0.25, 0.3) is 0 Å². The number of amides is 3. The van der Waals surface area contributed by atoms with Gasteiger partial charge in [0.15, 0.2) is 0 Å². The summed E-state index contributed by atoms with van der Waals surface area (Å²) < 4.78 is 1.52. The van der Waals surface area contributed by atoms with E-state index < -0.39 is 6.04 Å². The minimum atomic E-state index is -0.545. The zero-order valence-corrected chi connectivity index (χ0v) is 16.1. The number of hydrogen-bond acceptors (Lipinski definition) is 5. The van der Waals surface area contributed by atoms with E-state index in [-0.39, 0.29) is 11.9 Å². The SMILES string of the molecule is O=C(Nc1ccc(-n2cnnn2)cc1)C1CCCN1C(=O)Nc1ccccc1Cl. The standard InChI is InChI=1S/C19H18ClN7O2/c20-15-4-1-2-5-16(15)23-19(29)26-11-3-6-17(26)18(28)22-13-7-9-14(10-8-13)27-12-21-24-25-27/h1-2,4-5,7-10,12,17H,3,6,11H2,(H,22,28)(H,23,29). The molecule has 4 rings (SSSR count). The minimum absolute atomic E-state index is 0.230. The lowest BCUT2D eigenvalue weighted by atomic mass is 10.2. The van der Waals surface area contributed by atoms with Crippen LogP contribution >= 0.6 is 11.6 Å². The van der Waals surface area contributed by atoms with Crippen LogP contribution in [-0.2, 0) is 4.79 Å². The maximum atomic E-state index is 12.8. The molecular formula is C19H18ClN7O2. The Bertz CT molecular complexity index is 1010. The number of para-hydroxylation sites is 1. The van der Waals surface area contributed by atoms with Crippen molar-refractivity contribution in [3.63, 3.8) is 0 Å². The monoisotopic (exact) mass is 411 g/mol. The van der Waals surface area contributed by atoms with Crippen LogP contribution in [0.15, 0.2) is 54.9 Å². The van der Waals surface area contributed by atoms with E-state index in [0.717, 1.165) is 12.1 Å². The van der Waals surface area contributed by atoms with Crippen molar-refractivity contribution in [2.45, 2.75) is 18.9 Å². The average molecular weight is 412 g/mol. The Morgan fingerprint density at radius 2 is 1.86 bits per heavy atom. The maximum Gasteiger partial charge on any atom is 0.322 e. The summed E-state index contributed by atoms with van der Waals surface area (Å²) in [6, 6.07) is 13.2. The average Bonchev–Trinajstić information content (AvgIpc) is 3.42. The second kappa shape index (κ2) is 8.27. The molecule has 3 amide bonds. The Kier molecular flexibility index (Phi) is 5.39. The Hall–Kier alpha value is -3.46. The Morgan fingerprint density at radius 3 is 2.59 bits per heavy atom. The lowest BCUT2D eigenvalue weighted by Gasteiger charge is -2.24. The van der Waals surface area contributed by atoms with Crippen molar-refractivity contribution in [1.82, 2.24) is 25.1 Å². The molecule has 1 aliphatic rings. The molecule has 0 saturated carbocycles. The van der Waals surface area contributed by atoms with Crippen LogP contribution in [0.1, 0.15) is 12.8 Å². The number of carbonyl (C=O) groups excluding carboxylic acids is 2. The number of anilines is 2. The van der Waals surface area contributed by atoms with E-state index in [9.17, 15) is 9.59 Å². The molecule has 1 aromatic heterocycles. The van der Waals surface area contributed by atoms with E-state index in [4.69, 9.17) is 11.6 Å². The van der Waals surface area contributed by atoms with Gasteiger partial charge in [0.1, 0.15) is 12.4 Å². The van der Waals surface area contributed by atoms with E-state index in [1.54, 1.807) is 48.5 Å². The van der Waals surface area contributed by atoms with Crippen LogP contribution in [0.3, 0.4) is 0 Å². The summed E-state index contributed by atoms with van der Waals surface area (Å²) in [6.45, 7) is 0.507. The van der Waals surface area contributed by atoms with Gasteiger partial charge in [0, 0.05) is 12.2 Å². The topological polar surface area (TPSA) is 105 Å². The second-order valence-electron chi connectivity index (χ2n) is 6.55. The highest BCUT2D eigenvalue weighted by Crippen LogP contribution is 2.24. The van der Waals surface area contributed by atoms with Crippen molar-refractivity contribution in [2.75, 3.05) is 17.2 Å². The zero-order valence-electron chi connectivity index (χ0n) is 15.3. The lowest BCUT2D eigenvalue weighted by molar-refractivity contribution is -0.119. The third kappa shape index (κ3) is 4.19. The van der Waals surface area contributed by atoms with Crippen molar-refractivity contribution in [3.8, 4) is 5.69 Å². The van der Waals surface area contributed by atoms with Crippen molar-refractivity contribution in [1.29, 1.82) is 0 Å². The van der Waals surface area contributed by atoms with E-state index in [2.05, 4.69) is 26.2 Å². The lowest BCUT2D eigenvalue weighted by Crippen LogP contribution is -2.45. The molecule has 2 heterocycles. The molecule has 1 aliphatic heterocycles. The summed E-state index contributed by atoms with van der Waals surface area (Å²) in [5, 5.41) is 17.1. The number of nitrogens with zero attached hydrogens (tertiary/aromatic N) is 5. The van der Waals surface area contributed by atoms with Gasteiger partial charge >= 0.3 is 6.03 Å². The predicted octanol–water partition coefficient (Wildman–Crippen LogP) is 2.95. The Balaban J connectivity index is 1.41. The molecule has 29 heavy (non-hydrogen) atoms. The van der Waals surface area contributed by atoms with Gasteiger partial charge in [0.05, 0.1) is 16.4 Å². The molecule has 9 nitrogen and oxygen atoms in total. The molecule has 0 radical (unpaired) electrons. The van der Waals surface area contributed by atoms with E-state index >= 15 is 0 Å². The fraction of sp³-hybridized carbons (Fsp3) is 0.211. The third-order valence-corrected chi connectivity index (χ3v) is 5.01. The van der Waals surface area contributed by atoms with Gasteiger partial charge in [-0.3, -0.25) is 4.79 Å². The van der Waals surface area contributed by atoms with Crippen molar-refractivity contribution < 1.29 is 9.59 Å². The van der Waals surface area contributed by atoms with E-state index in [0.29, 0.717) is 29.4 Å². The fourth-order valence-electron chi connectivity index (χ4n) is 3.23. The van der Waals surface area contributed by atoms with Gasteiger partial charge < -0.3 is 15.5 Å². The van der Waals surface area contributed by atoms with Crippen LogP contribution in [0.25, 0.3) is 5.69 Å². The van der Waals surface area contributed by atoms with Gasteiger partial charge in [-0.2, -0.15) is 0 Å². The third-order valence-electron chi connectivity index (χ3n) is 4.68. The smallest absolute Gasteiger partial charge is 0.322 e. The molecule has 1 unspecified atom stereocenters. The van der Waals surface area contributed by atoms with Gasteiger partial charge in [-0.15, -0.1) is 5.10 Å². The summed E-state index contributed by atoms with van der Waals surface area (Å²) in [5.74, 6) is -0.230. The molecule has 2 N–H and O–H groups in total. The van der Waals surface area contributed by atoms with Gasteiger partial charge in [0.2, 0.25) is 5.91 Å². The molecule has 0 aliphatic carbocycles. The van der Waals surface area contributed by atoms with Crippen molar-refractivity contribution in [2.24, 2.45) is 0 Å². The molecule has 10 heteroatoms. The first-order valence-corrected chi connectivity index (χ1v) is 9.46. The van der Waals surface area contributed by atoms with Crippen LogP contribution in [0.5, 0.6) is 0 Å². The summed E-state index contributed by atoms with van der Waals surface area (Å²) in [7, 11) is 0. The highest BCUT2D eigenvalue weighted by atomic mass is 35.5. The molecule has 0 spiro atoms. The maximum absolute atomic E-state index is 12.8. The van der Waals surface area contributed by atoms with Crippen LogP contribution < -0.4 is 10.6 Å². The molecule has 148 valence electrons. The molecule has 1 fully saturated rings. The van der Waals surface area contributed by atoms with Crippen LogP contribution in [0.4, 0.5) is 16.2 Å². The minimum Gasteiger partial charge on any atom is -0.324 e. The number of carbonyl (C=O) groups is 2. The number of benzene rings is 2. The zero-order chi connectivity index (χ0) is 20.2. The van der Waals surface area contributed by atoms with Crippen LogP contribution in [0, 0.1) is 0 Å². The summed E-state index contributed by atoms with van der Waals surface area (Å²) >= 11 is 6.10. The van der Waals surface area contributed by atoms with Crippen molar-refractivity contribution in [3.05, 3.63) is 59.9 Å². The van der Waals surface area contributed by atoms with Gasteiger partial charge in [-0.25, -0.2) is 9.48 Å². The largest absolute Gasteiger partial charge is 0.324 e. The first-order chi connectivity index (χ1) is 14.1. The number of halogens is 1. The van der Waals surface area contributed by atoms with E-state index in [1.807, 2.05) is 0 Å². The van der Waals surface area contributed by atoms with Gasteiger partial charge in [-0.05, 0) is 59.7 Å². The van der Waals surface area contributed by atoms with Crippen molar-refractivity contribution >= 4 is 34.9 Å². The number of urea groups is 1.